The van der Waals surface area contributed by atoms with Gasteiger partial charge in [-0.2, -0.15) is 4.31 Å². The fourth-order valence-corrected chi connectivity index (χ4v) is 5.64. The Labute approximate surface area is 202 Å². The Bertz CT molecular complexity index is 1080. The molecule has 0 spiro atoms. The molecule has 184 valence electrons. The monoisotopic (exact) mass is 487 g/mol. The van der Waals surface area contributed by atoms with E-state index in [1.165, 1.54) is 4.31 Å². The lowest BCUT2D eigenvalue weighted by molar-refractivity contribution is -0.135. The standard InChI is InChI=1S/C25H33N3O5S/c1-20(2)28(18-21-7-4-3-5-8-21)25(29)19-26-11-13-27(14-12-26)34(30,31)22-9-10-23-24(17-22)33-16-6-15-32-23/h3-5,7-10,17,20H,6,11-16,18-19H2,1-2H3. The van der Waals surface area contributed by atoms with E-state index < -0.39 is 10.0 Å². The highest BCUT2D eigenvalue weighted by Crippen LogP contribution is 2.33. The molecule has 0 aliphatic carbocycles. The molecule has 4 rings (SSSR count). The van der Waals surface area contributed by atoms with Crippen LogP contribution >= 0.6 is 0 Å². The molecule has 2 aromatic carbocycles. The van der Waals surface area contributed by atoms with E-state index in [1.54, 1.807) is 18.2 Å². The highest BCUT2D eigenvalue weighted by Gasteiger charge is 2.31. The maximum Gasteiger partial charge on any atom is 0.243 e. The quantitative estimate of drug-likeness (QED) is 0.597. The number of piperazine rings is 1. The summed E-state index contributed by atoms with van der Waals surface area (Å²) in [7, 11) is -3.65. The number of benzene rings is 2. The lowest BCUT2D eigenvalue weighted by atomic mass is 10.2. The molecule has 1 fully saturated rings. The highest BCUT2D eigenvalue weighted by atomic mass is 32.2. The van der Waals surface area contributed by atoms with Crippen LogP contribution in [0.15, 0.2) is 53.4 Å². The number of hydrogen-bond donors (Lipinski definition) is 0. The predicted octanol–water partition coefficient (Wildman–Crippen LogP) is 2.59. The molecule has 2 aliphatic rings. The van der Waals surface area contributed by atoms with Crippen molar-refractivity contribution < 1.29 is 22.7 Å². The van der Waals surface area contributed by atoms with E-state index in [4.69, 9.17) is 9.47 Å². The Morgan fingerprint density at radius 2 is 1.65 bits per heavy atom. The van der Waals surface area contributed by atoms with Crippen molar-refractivity contribution in [1.29, 1.82) is 0 Å². The molecule has 0 unspecified atom stereocenters. The van der Waals surface area contributed by atoms with Gasteiger partial charge < -0.3 is 14.4 Å². The molecule has 0 atom stereocenters. The van der Waals surface area contributed by atoms with Crippen LogP contribution in [0.5, 0.6) is 11.5 Å². The van der Waals surface area contributed by atoms with Crippen molar-refractivity contribution >= 4 is 15.9 Å². The number of nitrogens with zero attached hydrogens (tertiary/aromatic N) is 3. The van der Waals surface area contributed by atoms with Crippen LogP contribution < -0.4 is 9.47 Å². The largest absolute Gasteiger partial charge is 0.490 e. The molecule has 1 amide bonds. The van der Waals surface area contributed by atoms with Crippen LogP contribution in [0, 0.1) is 0 Å². The van der Waals surface area contributed by atoms with Crippen molar-refractivity contribution in [3.05, 3.63) is 54.1 Å². The Kier molecular flexibility index (Phi) is 7.75. The topological polar surface area (TPSA) is 79.4 Å². The molecule has 1 saturated heterocycles. The summed E-state index contributed by atoms with van der Waals surface area (Å²) in [6.45, 7) is 7.62. The SMILES string of the molecule is CC(C)N(Cc1ccccc1)C(=O)CN1CCN(S(=O)(=O)c2ccc3c(c2)OCCCO3)CC1. The van der Waals surface area contributed by atoms with Gasteiger partial charge in [0.2, 0.25) is 15.9 Å². The second kappa shape index (κ2) is 10.8. The number of hydrogen-bond acceptors (Lipinski definition) is 6. The van der Waals surface area contributed by atoms with Crippen LogP contribution in [0.2, 0.25) is 0 Å². The van der Waals surface area contributed by atoms with Crippen molar-refractivity contribution in [2.75, 3.05) is 45.9 Å². The van der Waals surface area contributed by atoms with E-state index in [9.17, 15) is 13.2 Å². The molecule has 8 nitrogen and oxygen atoms in total. The summed E-state index contributed by atoms with van der Waals surface area (Å²) in [5.41, 5.74) is 1.09. The second-order valence-corrected chi connectivity index (χ2v) is 10.9. The van der Waals surface area contributed by atoms with Gasteiger partial charge in [0, 0.05) is 51.3 Å². The molecule has 2 heterocycles. The van der Waals surface area contributed by atoms with E-state index in [1.807, 2.05) is 54.0 Å². The number of ether oxygens (including phenoxy) is 2. The van der Waals surface area contributed by atoms with E-state index in [0.717, 1.165) is 12.0 Å². The fraction of sp³-hybridized carbons (Fsp3) is 0.480. The summed E-state index contributed by atoms with van der Waals surface area (Å²) in [5, 5.41) is 0. The van der Waals surface area contributed by atoms with Gasteiger partial charge in [-0.1, -0.05) is 30.3 Å². The summed E-state index contributed by atoms with van der Waals surface area (Å²) in [4.78, 5) is 17.2. The van der Waals surface area contributed by atoms with Gasteiger partial charge in [-0.15, -0.1) is 0 Å². The number of carbonyl (C=O) groups is 1. The lowest BCUT2D eigenvalue weighted by Crippen LogP contribution is -2.52. The summed E-state index contributed by atoms with van der Waals surface area (Å²) in [5.74, 6) is 1.10. The first-order valence-electron chi connectivity index (χ1n) is 11.8. The molecule has 2 aliphatic heterocycles. The first-order valence-corrected chi connectivity index (χ1v) is 13.2. The van der Waals surface area contributed by atoms with Gasteiger partial charge in [-0.25, -0.2) is 8.42 Å². The Morgan fingerprint density at radius 3 is 2.32 bits per heavy atom. The van der Waals surface area contributed by atoms with E-state index >= 15 is 0 Å². The van der Waals surface area contributed by atoms with Gasteiger partial charge in [0.25, 0.3) is 0 Å². The molecule has 0 bridgehead atoms. The normalized spacial score (nSPS) is 17.4. The molecule has 0 radical (unpaired) electrons. The average molecular weight is 488 g/mol. The number of fused-ring (bicyclic) bond motifs is 1. The molecule has 2 aromatic rings. The molecule has 0 aromatic heterocycles. The summed E-state index contributed by atoms with van der Waals surface area (Å²) in [6, 6.07) is 14.8. The second-order valence-electron chi connectivity index (χ2n) is 8.94. The number of sulfonamides is 1. The van der Waals surface area contributed by atoms with Crippen LogP contribution in [0.25, 0.3) is 0 Å². The van der Waals surface area contributed by atoms with Gasteiger partial charge in [-0.05, 0) is 31.5 Å². The van der Waals surface area contributed by atoms with Crippen LogP contribution in [0.1, 0.15) is 25.8 Å². The van der Waals surface area contributed by atoms with Gasteiger partial charge in [0.1, 0.15) is 0 Å². The minimum Gasteiger partial charge on any atom is -0.490 e. The van der Waals surface area contributed by atoms with Crippen molar-refractivity contribution in [3.8, 4) is 11.5 Å². The van der Waals surface area contributed by atoms with E-state index in [2.05, 4.69) is 0 Å². The Morgan fingerprint density at radius 1 is 0.971 bits per heavy atom. The molecule has 34 heavy (non-hydrogen) atoms. The third-order valence-electron chi connectivity index (χ3n) is 6.19. The summed E-state index contributed by atoms with van der Waals surface area (Å²) < 4.78 is 39.2. The van der Waals surface area contributed by atoms with Crippen molar-refractivity contribution in [2.24, 2.45) is 0 Å². The third kappa shape index (κ3) is 5.71. The van der Waals surface area contributed by atoms with Crippen molar-refractivity contribution in [3.63, 3.8) is 0 Å². The van der Waals surface area contributed by atoms with Gasteiger partial charge in [-0.3, -0.25) is 9.69 Å². The molecule has 0 saturated carbocycles. The zero-order valence-electron chi connectivity index (χ0n) is 19.9. The maximum atomic E-state index is 13.2. The zero-order chi connectivity index (χ0) is 24.1. The number of carbonyl (C=O) groups excluding carboxylic acids is 1. The van der Waals surface area contributed by atoms with Gasteiger partial charge >= 0.3 is 0 Å². The number of rotatable bonds is 7. The minimum absolute atomic E-state index is 0.0538. The Balaban J connectivity index is 1.36. The highest BCUT2D eigenvalue weighted by molar-refractivity contribution is 7.89. The first kappa shape index (κ1) is 24.5. The maximum absolute atomic E-state index is 13.2. The molecule has 9 heteroatoms. The lowest BCUT2D eigenvalue weighted by Gasteiger charge is -2.35. The van der Waals surface area contributed by atoms with Crippen LogP contribution in [-0.2, 0) is 21.4 Å². The van der Waals surface area contributed by atoms with Crippen LogP contribution in [0.4, 0.5) is 0 Å². The van der Waals surface area contributed by atoms with Crippen LogP contribution in [-0.4, -0.2) is 80.4 Å². The predicted molar refractivity (Wildman–Crippen MR) is 129 cm³/mol. The molecular weight excluding hydrogens is 454 g/mol. The number of amides is 1. The van der Waals surface area contributed by atoms with Crippen LogP contribution in [0.3, 0.4) is 0 Å². The van der Waals surface area contributed by atoms with Crippen molar-refractivity contribution in [2.45, 2.75) is 37.8 Å². The van der Waals surface area contributed by atoms with Gasteiger partial charge in [0.05, 0.1) is 24.7 Å². The molecule has 0 N–H and O–H groups in total. The smallest absolute Gasteiger partial charge is 0.243 e. The fourth-order valence-electron chi connectivity index (χ4n) is 4.20. The molecular formula is C25H33N3O5S. The third-order valence-corrected chi connectivity index (χ3v) is 8.08. The Hall–Kier alpha value is -2.62. The van der Waals surface area contributed by atoms with Gasteiger partial charge in [0.15, 0.2) is 11.5 Å². The minimum atomic E-state index is -3.65. The first-order chi connectivity index (χ1) is 16.3. The van der Waals surface area contributed by atoms with E-state index in [0.29, 0.717) is 57.4 Å². The summed E-state index contributed by atoms with van der Waals surface area (Å²) in [6.07, 6.45) is 0.761. The van der Waals surface area contributed by atoms with E-state index in [-0.39, 0.29) is 23.4 Å². The average Bonchev–Trinajstić information content (AvgIpc) is 3.08. The zero-order valence-corrected chi connectivity index (χ0v) is 20.7. The van der Waals surface area contributed by atoms with Crippen molar-refractivity contribution in [1.82, 2.24) is 14.1 Å². The summed E-state index contributed by atoms with van der Waals surface area (Å²) >= 11 is 0.